The molecule has 2 aliphatic rings. The Morgan fingerprint density at radius 3 is 2.18 bits per heavy atom. The minimum absolute atomic E-state index is 0.0645. The fourth-order valence-corrected chi connectivity index (χ4v) is 6.49. The third-order valence-corrected chi connectivity index (χ3v) is 9.28. The standard InChI is InChI=1S/C31H42Cl2N4O2/c1-35(2)31(22-24-8-4-3-5-9-24)16-14-25(15-17-31)34-29(38)12-7-13-30(39)37-20-18-36(19-21-37)23-26-27(32)10-6-11-28(26)33/h3-6,8-11,25H,7,12-23H2,1-2H3,(H,34,38). The van der Waals surface area contributed by atoms with Crippen molar-refractivity contribution in [3.8, 4) is 0 Å². The number of nitrogens with one attached hydrogen (secondary N) is 1. The molecule has 1 aliphatic carbocycles. The molecule has 1 heterocycles. The van der Waals surface area contributed by atoms with E-state index in [9.17, 15) is 9.59 Å². The van der Waals surface area contributed by atoms with Gasteiger partial charge >= 0.3 is 0 Å². The van der Waals surface area contributed by atoms with E-state index in [-0.39, 0.29) is 23.4 Å². The lowest BCUT2D eigenvalue weighted by atomic mass is 9.75. The molecule has 2 aromatic carbocycles. The third-order valence-electron chi connectivity index (χ3n) is 8.57. The minimum atomic E-state index is 0.0645. The fraction of sp³-hybridized carbons (Fsp3) is 0.548. The molecule has 1 aliphatic heterocycles. The van der Waals surface area contributed by atoms with E-state index in [1.165, 1.54) is 5.56 Å². The summed E-state index contributed by atoms with van der Waals surface area (Å²) in [4.78, 5) is 32.0. The molecule has 8 heteroatoms. The second-order valence-corrected chi connectivity index (χ2v) is 12.1. The van der Waals surface area contributed by atoms with Crippen LogP contribution in [0.3, 0.4) is 0 Å². The Labute approximate surface area is 243 Å². The van der Waals surface area contributed by atoms with Crippen molar-refractivity contribution in [2.45, 2.75) is 69.5 Å². The SMILES string of the molecule is CN(C)C1(Cc2ccccc2)CCC(NC(=O)CCCC(=O)N2CCN(Cc3c(Cl)cccc3Cl)CC2)CC1. The summed E-state index contributed by atoms with van der Waals surface area (Å²) < 4.78 is 0. The van der Waals surface area contributed by atoms with Crippen molar-refractivity contribution in [1.82, 2.24) is 20.0 Å². The molecule has 1 N–H and O–H groups in total. The summed E-state index contributed by atoms with van der Waals surface area (Å²) in [6.07, 6.45) is 6.53. The van der Waals surface area contributed by atoms with Gasteiger partial charge in [0.15, 0.2) is 0 Å². The van der Waals surface area contributed by atoms with Gasteiger partial charge in [0, 0.05) is 72.8 Å². The first-order valence-corrected chi connectivity index (χ1v) is 14.9. The molecule has 0 unspecified atom stereocenters. The van der Waals surface area contributed by atoms with E-state index in [0.717, 1.165) is 50.8 Å². The molecule has 2 aromatic rings. The van der Waals surface area contributed by atoms with Crippen LogP contribution >= 0.6 is 23.2 Å². The van der Waals surface area contributed by atoms with E-state index in [4.69, 9.17) is 23.2 Å². The molecule has 0 spiro atoms. The third kappa shape index (κ3) is 8.20. The summed E-state index contributed by atoms with van der Waals surface area (Å²) >= 11 is 12.6. The molecule has 0 bridgehead atoms. The lowest BCUT2D eigenvalue weighted by Crippen LogP contribution is -2.52. The van der Waals surface area contributed by atoms with Crippen molar-refractivity contribution in [3.05, 3.63) is 69.7 Å². The van der Waals surface area contributed by atoms with Crippen LogP contribution in [0.4, 0.5) is 0 Å². The highest BCUT2D eigenvalue weighted by molar-refractivity contribution is 6.35. The van der Waals surface area contributed by atoms with Crippen molar-refractivity contribution >= 4 is 35.0 Å². The molecular formula is C31H42Cl2N4O2. The first-order chi connectivity index (χ1) is 18.8. The highest BCUT2D eigenvalue weighted by Crippen LogP contribution is 2.35. The van der Waals surface area contributed by atoms with Crippen LogP contribution in [0.15, 0.2) is 48.5 Å². The van der Waals surface area contributed by atoms with Crippen molar-refractivity contribution < 1.29 is 9.59 Å². The maximum absolute atomic E-state index is 12.8. The van der Waals surface area contributed by atoms with Crippen LogP contribution < -0.4 is 5.32 Å². The monoisotopic (exact) mass is 572 g/mol. The number of nitrogens with zero attached hydrogens (tertiary/aromatic N) is 3. The van der Waals surface area contributed by atoms with Crippen LogP contribution in [0.5, 0.6) is 0 Å². The second kappa shape index (κ2) is 14.0. The quantitative estimate of drug-likeness (QED) is 0.413. The van der Waals surface area contributed by atoms with Crippen LogP contribution in [0.1, 0.15) is 56.1 Å². The number of hydrogen-bond acceptors (Lipinski definition) is 4. The lowest BCUT2D eigenvalue weighted by Gasteiger charge is -2.45. The highest BCUT2D eigenvalue weighted by Gasteiger charge is 2.37. The van der Waals surface area contributed by atoms with Crippen LogP contribution in [0, 0.1) is 0 Å². The number of hydrogen-bond donors (Lipinski definition) is 1. The van der Waals surface area contributed by atoms with E-state index in [1.54, 1.807) is 0 Å². The predicted molar refractivity (Wildman–Crippen MR) is 159 cm³/mol. The number of likely N-dealkylation sites (N-methyl/N-ethyl adjacent to an activating group) is 1. The second-order valence-electron chi connectivity index (χ2n) is 11.3. The molecule has 1 saturated carbocycles. The van der Waals surface area contributed by atoms with Gasteiger partial charge in [0.05, 0.1) is 0 Å². The van der Waals surface area contributed by atoms with Crippen molar-refractivity contribution in [2.24, 2.45) is 0 Å². The number of halogens is 2. The number of rotatable bonds is 10. The number of piperazine rings is 1. The zero-order valence-corrected chi connectivity index (χ0v) is 24.8. The number of benzene rings is 2. The van der Waals surface area contributed by atoms with Gasteiger partial charge in [-0.25, -0.2) is 0 Å². The van der Waals surface area contributed by atoms with Gasteiger partial charge in [-0.15, -0.1) is 0 Å². The zero-order chi connectivity index (χ0) is 27.8. The number of carbonyl (C=O) groups is 2. The first kappa shape index (κ1) is 29.9. The van der Waals surface area contributed by atoms with Gasteiger partial charge in [-0.2, -0.15) is 0 Å². The Hall–Kier alpha value is -2.12. The molecule has 1 saturated heterocycles. The summed E-state index contributed by atoms with van der Waals surface area (Å²) in [5.74, 6) is 0.197. The maximum Gasteiger partial charge on any atom is 0.222 e. The largest absolute Gasteiger partial charge is 0.353 e. The molecule has 2 fully saturated rings. The summed E-state index contributed by atoms with van der Waals surface area (Å²) in [5.41, 5.74) is 2.44. The van der Waals surface area contributed by atoms with Gasteiger partial charge < -0.3 is 15.1 Å². The van der Waals surface area contributed by atoms with Gasteiger partial charge in [0.2, 0.25) is 11.8 Å². The van der Waals surface area contributed by atoms with Gasteiger partial charge in [0.25, 0.3) is 0 Å². The smallest absolute Gasteiger partial charge is 0.222 e. The van der Waals surface area contributed by atoms with Crippen molar-refractivity contribution in [2.75, 3.05) is 40.3 Å². The van der Waals surface area contributed by atoms with E-state index in [2.05, 4.69) is 59.5 Å². The number of carbonyl (C=O) groups excluding carboxylic acids is 2. The average Bonchev–Trinajstić information content (AvgIpc) is 2.93. The zero-order valence-electron chi connectivity index (χ0n) is 23.3. The minimum Gasteiger partial charge on any atom is -0.353 e. The molecule has 6 nitrogen and oxygen atoms in total. The first-order valence-electron chi connectivity index (χ1n) is 14.2. The van der Waals surface area contributed by atoms with E-state index >= 15 is 0 Å². The van der Waals surface area contributed by atoms with Gasteiger partial charge in [0.1, 0.15) is 0 Å². The normalized spacial score (nSPS) is 22.2. The molecule has 212 valence electrons. The van der Waals surface area contributed by atoms with Gasteiger partial charge in [-0.1, -0.05) is 59.6 Å². The highest BCUT2D eigenvalue weighted by atomic mass is 35.5. The number of amides is 2. The Morgan fingerprint density at radius 1 is 0.923 bits per heavy atom. The molecule has 4 rings (SSSR count). The molecule has 0 radical (unpaired) electrons. The molecular weight excluding hydrogens is 531 g/mol. The Morgan fingerprint density at radius 2 is 1.56 bits per heavy atom. The molecule has 0 atom stereocenters. The maximum atomic E-state index is 12.8. The molecule has 0 aromatic heterocycles. The predicted octanol–water partition coefficient (Wildman–Crippen LogP) is 5.41. The fourth-order valence-electron chi connectivity index (χ4n) is 5.98. The topological polar surface area (TPSA) is 55.9 Å². The summed E-state index contributed by atoms with van der Waals surface area (Å²) in [6.45, 7) is 3.63. The van der Waals surface area contributed by atoms with E-state index in [1.807, 2.05) is 23.1 Å². The van der Waals surface area contributed by atoms with Crippen LogP contribution in [0.2, 0.25) is 10.0 Å². The average molecular weight is 574 g/mol. The summed E-state index contributed by atoms with van der Waals surface area (Å²) in [6, 6.07) is 16.5. The Bertz CT molecular complexity index is 1070. The Balaban J connectivity index is 1.14. The van der Waals surface area contributed by atoms with Crippen molar-refractivity contribution in [1.29, 1.82) is 0 Å². The Kier molecular flexibility index (Phi) is 10.7. The molecule has 2 amide bonds. The summed E-state index contributed by atoms with van der Waals surface area (Å²) in [5, 5.41) is 4.60. The van der Waals surface area contributed by atoms with E-state index < -0.39 is 0 Å². The van der Waals surface area contributed by atoms with Gasteiger partial charge in [-0.3, -0.25) is 14.5 Å². The molecule has 39 heavy (non-hydrogen) atoms. The van der Waals surface area contributed by atoms with E-state index in [0.29, 0.717) is 48.9 Å². The van der Waals surface area contributed by atoms with Crippen LogP contribution in [-0.4, -0.2) is 78.4 Å². The van der Waals surface area contributed by atoms with Gasteiger partial charge in [-0.05, 0) is 70.3 Å². The lowest BCUT2D eigenvalue weighted by molar-refractivity contribution is -0.133. The van der Waals surface area contributed by atoms with Crippen LogP contribution in [0.25, 0.3) is 0 Å². The van der Waals surface area contributed by atoms with Crippen molar-refractivity contribution in [3.63, 3.8) is 0 Å². The van der Waals surface area contributed by atoms with Crippen LogP contribution in [-0.2, 0) is 22.6 Å². The summed E-state index contributed by atoms with van der Waals surface area (Å²) in [7, 11) is 4.35.